The largest absolute Gasteiger partial charge is 0.497 e. The molecule has 0 aliphatic heterocycles. The first-order chi connectivity index (χ1) is 15.2. The lowest BCUT2D eigenvalue weighted by molar-refractivity contribution is -0.120. The first kappa shape index (κ1) is 23.8. The Labute approximate surface area is 197 Å². The smallest absolute Gasteiger partial charge is 0.264 e. The molecule has 6 nitrogen and oxygen atoms in total. The highest BCUT2D eigenvalue weighted by Crippen LogP contribution is 2.26. The van der Waals surface area contributed by atoms with E-state index in [4.69, 9.17) is 4.74 Å². The number of hydrogen-bond donors (Lipinski definition) is 1. The van der Waals surface area contributed by atoms with Crippen molar-refractivity contribution >= 4 is 37.5 Å². The summed E-state index contributed by atoms with van der Waals surface area (Å²) in [4.78, 5) is 13.0. The zero-order chi connectivity index (χ0) is 23.3. The number of aryl methyl sites for hydroxylation is 1. The lowest BCUT2D eigenvalue weighted by atomic mass is 10.1. The number of methoxy groups -OCH3 is 1. The van der Waals surface area contributed by atoms with E-state index in [0.717, 1.165) is 25.7 Å². The lowest BCUT2D eigenvalue weighted by Crippen LogP contribution is -2.41. The monoisotopic (exact) mass is 516 g/mol. The maximum absolute atomic E-state index is 13.4. The molecule has 0 bridgehead atoms. The van der Waals surface area contributed by atoms with Crippen molar-refractivity contribution in [1.29, 1.82) is 0 Å². The van der Waals surface area contributed by atoms with E-state index in [-0.39, 0.29) is 17.5 Å². The molecule has 3 aromatic carbocycles. The molecule has 0 radical (unpaired) electrons. The van der Waals surface area contributed by atoms with E-state index in [9.17, 15) is 13.2 Å². The second kappa shape index (κ2) is 10.2. The van der Waals surface area contributed by atoms with Gasteiger partial charge in [0.2, 0.25) is 5.91 Å². The fourth-order valence-corrected chi connectivity index (χ4v) is 4.84. The molecule has 0 fully saturated rings. The Bertz CT molecular complexity index is 1160. The fourth-order valence-electron chi connectivity index (χ4n) is 3.15. The van der Waals surface area contributed by atoms with Gasteiger partial charge < -0.3 is 10.1 Å². The molecule has 1 amide bonds. The van der Waals surface area contributed by atoms with Crippen LogP contribution in [0.25, 0.3) is 0 Å². The molecule has 0 aliphatic rings. The molecular formula is C24H25BrN2O4S. The predicted molar refractivity (Wildman–Crippen MR) is 129 cm³/mol. The zero-order valence-corrected chi connectivity index (χ0v) is 20.5. The van der Waals surface area contributed by atoms with Crippen LogP contribution in [-0.4, -0.2) is 28.0 Å². The highest BCUT2D eigenvalue weighted by molar-refractivity contribution is 9.10. The van der Waals surface area contributed by atoms with E-state index in [0.29, 0.717) is 5.69 Å². The van der Waals surface area contributed by atoms with Crippen molar-refractivity contribution in [1.82, 2.24) is 5.32 Å². The topological polar surface area (TPSA) is 75.7 Å². The average Bonchev–Trinajstić information content (AvgIpc) is 2.78. The summed E-state index contributed by atoms with van der Waals surface area (Å²) in [5.41, 5.74) is 2.24. The maximum Gasteiger partial charge on any atom is 0.264 e. The number of carbonyl (C=O) groups is 1. The minimum Gasteiger partial charge on any atom is -0.497 e. The van der Waals surface area contributed by atoms with Crippen LogP contribution in [0.5, 0.6) is 5.75 Å². The lowest BCUT2D eigenvalue weighted by Gasteiger charge is -2.25. The molecule has 0 aliphatic carbocycles. The minimum absolute atomic E-state index is 0.127. The second-order valence-electron chi connectivity index (χ2n) is 7.36. The van der Waals surface area contributed by atoms with Gasteiger partial charge >= 0.3 is 0 Å². The Balaban J connectivity index is 1.85. The van der Waals surface area contributed by atoms with Crippen LogP contribution in [0.1, 0.15) is 24.1 Å². The van der Waals surface area contributed by atoms with Gasteiger partial charge in [0.05, 0.1) is 23.7 Å². The van der Waals surface area contributed by atoms with Crippen LogP contribution in [0.3, 0.4) is 0 Å². The van der Waals surface area contributed by atoms with E-state index in [1.165, 1.54) is 0 Å². The first-order valence-corrected chi connectivity index (χ1v) is 12.2. The summed E-state index contributed by atoms with van der Waals surface area (Å²) >= 11 is 3.36. The Hall–Kier alpha value is -2.84. The van der Waals surface area contributed by atoms with Crippen LogP contribution in [0.15, 0.2) is 82.2 Å². The van der Waals surface area contributed by atoms with Gasteiger partial charge in [-0.2, -0.15) is 0 Å². The number of hydrogen-bond acceptors (Lipinski definition) is 4. The van der Waals surface area contributed by atoms with Gasteiger partial charge in [-0.25, -0.2) is 8.42 Å². The molecule has 1 atom stereocenters. The molecule has 3 aromatic rings. The second-order valence-corrected chi connectivity index (χ2v) is 10.1. The summed E-state index contributed by atoms with van der Waals surface area (Å²) in [5, 5.41) is 2.88. The number of nitrogens with one attached hydrogen (secondary N) is 1. The molecule has 0 spiro atoms. The van der Waals surface area contributed by atoms with Gasteiger partial charge in [0.15, 0.2) is 0 Å². The first-order valence-electron chi connectivity index (χ1n) is 9.99. The Morgan fingerprint density at radius 1 is 1.00 bits per heavy atom. The zero-order valence-electron chi connectivity index (χ0n) is 18.1. The van der Waals surface area contributed by atoms with Crippen molar-refractivity contribution in [3.8, 4) is 5.75 Å². The fraction of sp³-hybridized carbons (Fsp3) is 0.208. The number of amides is 1. The van der Waals surface area contributed by atoms with Gasteiger partial charge in [0.1, 0.15) is 12.3 Å². The maximum atomic E-state index is 13.4. The number of nitrogens with zero attached hydrogens (tertiary/aromatic N) is 1. The number of carbonyl (C=O) groups excluding carboxylic acids is 1. The van der Waals surface area contributed by atoms with Gasteiger partial charge in [-0.15, -0.1) is 0 Å². The normalized spacial score (nSPS) is 12.1. The van der Waals surface area contributed by atoms with E-state index in [2.05, 4.69) is 21.2 Å². The number of sulfonamides is 1. The Kier molecular flexibility index (Phi) is 7.58. The summed E-state index contributed by atoms with van der Waals surface area (Å²) in [6.45, 7) is 3.38. The van der Waals surface area contributed by atoms with Gasteiger partial charge in [-0.3, -0.25) is 9.10 Å². The van der Waals surface area contributed by atoms with Crippen molar-refractivity contribution in [2.24, 2.45) is 0 Å². The van der Waals surface area contributed by atoms with E-state index < -0.39 is 15.9 Å². The van der Waals surface area contributed by atoms with E-state index in [1.54, 1.807) is 55.6 Å². The molecule has 32 heavy (non-hydrogen) atoms. The van der Waals surface area contributed by atoms with Crippen LogP contribution in [0.2, 0.25) is 0 Å². The molecule has 168 valence electrons. The number of ether oxygens (including phenoxy) is 1. The average molecular weight is 517 g/mol. The molecule has 0 heterocycles. The summed E-state index contributed by atoms with van der Waals surface area (Å²) in [5.74, 6) is 0.310. The molecular weight excluding hydrogens is 492 g/mol. The SMILES string of the molecule is COc1ccc(C(C)NC(=O)CN(c2ccc(Br)cc2)S(=O)(=O)c2ccc(C)cc2)cc1. The Morgan fingerprint density at radius 2 is 1.59 bits per heavy atom. The van der Waals surface area contributed by atoms with Crippen LogP contribution < -0.4 is 14.4 Å². The van der Waals surface area contributed by atoms with Gasteiger partial charge in [-0.05, 0) is 67.9 Å². The van der Waals surface area contributed by atoms with Crippen LogP contribution >= 0.6 is 15.9 Å². The van der Waals surface area contributed by atoms with Crippen LogP contribution in [0, 0.1) is 6.92 Å². The highest BCUT2D eigenvalue weighted by Gasteiger charge is 2.27. The van der Waals surface area contributed by atoms with Crippen molar-refractivity contribution < 1.29 is 17.9 Å². The van der Waals surface area contributed by atoms with Crippen molar-refractivity contribution in [3.63, 3.8) is 0 Å². The highest BCUT2D eigenvalue weighted by atomic mass is 79.9. The summed E-state index contributed by atoms with van der Waals surface area (Å²) < 4.78 is 33.9. The third kappa shape index (κ3) is 5.69. The standard InChI is InChI=1S/C24H25BrN2O4S/c1-17-4-14-23(15-5-17)32(29,30)27(21-10-8-20(25)9-11-21)16-24(28)26-18(2)19-6-12-22(31-3)13-7-19/h4-15,18H,16H2,1-3H3,(H,26,28). The predicted octanol–water partition coefficient (Wildman–Crippen LogP) is 4.84. The third-order valence-corrected chi connectivity index (χ3v) is 7.32. The van der Waals surface area contributed by atoms with Gasteiger partial charge in [-0.1, -0.05) is 45.8 Å². The quantitative estimate of drug-likeness (QED) is 0.464. The minimum atomic E-state index is -3.95. The summed E-state index contributed by atoms with van der Waals surface area (Å²) in [6.07, 6.45) is 0. The molecule has 3 rings (SSSR count). The summed E-state index contributed by atoms with van der Waals surface area (Å²) in [6, 6.07) is 20.4. The van der Waals surface area contributed by atoms with Crippen molar-refractivity contribution in [3.05, 3.63) is 88.4 Å². The molecule has 0 aromatic heterocycles. The third-order valence-electron chi connectivity index (χ3n) is 5.00. The Morgan fingerprint density at radius 3 is 2.16 bits per heavy atom. The molecule has 0 saturated carbocycles. The molecule has 8 heteroatoms. The van der Waals surface area contributed by atoms with E-state index in [1.807, 2.05) is 38.1 Å². The van der Waals surface area contributed by atoms with Crippen molar-refractivity contribution in [2.45, 2.75) is 24.8 Å². The molecule has 1 N–H and O–H groups in total. The van der Waals surface area contributed by atoms with Crippen molar-refractivity contribution in [2.75, 3.05) is 18.0 Å². The van der Waals surface area contributed by atoms with Crippen LogP contribution in [0.4, 0.5) is 5.69 Å². The van der Waals surface area contributed by atoms with Crippen LogP contribution in [-0.2, 0) is 14.8 Å². The van der Waals surface area contributed by atoms with E-state index >= 15 is 0 Å². The number of halogens is 1. The van der Waals surface area contributed by atoms with Gasteiger partial charge in [0, 0.05) is 4.47 Å². The number of rotatable bonds is 8. The molecule has 0 saturated heterocycles. The number of benzene rings is 3. The van der Waals surface area contributed by atoms with Gasteiger partial charge in [0.25, 0.3) is 10.0 Å². The summed E-state index contributed by atoms with van der Waals surface area (Å²) in [7, 11) is -2.36. The molecule has 1 unspecified atom stereocenters. The number of anilines is 1.